The number of hydrogen-bond donors (Lipinski definition) is 1. The van der Waals surface area contributed by atoms with E-state index in [1.54, 1.807) is 14.2 Å². The maximum Gasteiger partial charge on any atom is 0.127 e. The van der Waals surface area contributed by atoms with Crippen LogP contribution in [0.4, 0.5) is 5.82 Å². The van der Waals surface area contributed by atoms with Crippen LogP contribution in [0.3, 0.4) is 0 Å². The van der Waals surface area contributed by atoms with E-state index in [2.05, 4.69) is 11.1 Å². The molecule has 0 amide bonds. The van der Waals surface area contributed by atoms with Gasteiger partial charge in [0.25, 0.3) is 0 Å². The lowest BCUT2D eigenvalue weighted by atomic mass is 10.0. The van der Waals surface area contributed by atoms with Crippen LogP contribution in [-0.4, -0.2) is 19.2 Å². The predicted molar refractivity (Wildman–Crippen MR) is 88.5 cm³/mol. The second-order valence-electron chi connectivity index (χ2n) is 5.08. The Morgan fingerprint density at radius 2 is 1.77 bits per heavy atom. The lowest BCUT2D eigenvalue weighted by Crippen LogP contribution is -2.01. The van der Waals surface area contributed by atoms with E-state index in [-0.39, 0.29) is 0 Å². The van der Waals surface area contributed by atoms with Gasteiger partial charge in [-0.3, -0.25) is 0 Å². The van der Waals surface area contributed by atoms with E-state index in [0.717, 1.165) is 33.5 Å². The van der Waals surface area contributed by atoms with E-state index in [9.17, 15) is 0 Å². The fourth-order valence-electron chi connectivity index (χ4n) is 2.53. The van der Waals surface area contributed by atoms with Gasteiger partial charge in [0.05, 0.1) is 19.7 Å². The van der Waals surface area contributed by atoms with Crippen LogP contribution in [0.5, 0.6) is 11.5 Å². The van der Waals surface area contributed by atoms with Crippen LogP contribution in [0.1, 0.15) is 11.1 Å². The molecule has 0 aliphatic carbocycles. The predicted octanol–water partition coefficient (Wildman–Crippen LogP) is 3.43. The van der Waals surface area contributed by atoms with Gasteiger partial charge in [-0.1, -0.05) is 18.2 Å². The minimum atomic E-state index is 0.534. The highest BCUT2D eigenvalue weighted by atomic mass is 16.5. The average molecular weight is 294 g/mol. The number of benzene rings is 2. The van der Waals surface area contributed by atoms with E-state index in [1.807, 2.05) is 42.5 Å². The van der Waals surface area contributed by atoms with Gasteiger partial charge in [0.1, 0.15) is 17.3 Å². The summed E-state index contributed by atoms with van der Waals surface area (Å²) in [6.07, 6.45) is 0.685. The number of methoxy groups -OCH3 is 2. The van der Waals surface area contributed by atoms with Gasteiger partial charge in [-0.2, -0.15) is 0 Å². The largest absolute Gasteiger partial charge is 0.497 e. The molecule has 1 aromatic heterocycles. The number of para-hydroxylation sites is 1. The van der Waals surface area contributed by atoms with Crippen LogP contribution >= 0.6 is 0 Å². The number of fused-ring (bicyclic) bond motifs is 1. The van der Waals surface area contributed by atoms with Crippen LogP contribution in [-0.2, 0) is 6.42 Å². The molecule has 4 heteroatoms. The third kappa shape index (κ3) is 2.68. The molecule has 0 unspecified atom stereocenters. The molecule has 4 nitrogen and oxygen atoms in total. The first-order chi connectivity index (χ1) is 10.7. The van der Waals surface area contributed by atoms with Crippen LogP contribution in [0.2, 0.25) is 0 Å². The smallest absolute Gasteiger partial charge is 0.127 e. The molecule has 3 aromatic rings. The van der Waals surface area contributed by atoms with E-state index >= 15 is 0 Å². The minimum absolute atomic E-state index is 0.534. The fourth-order valence-corrected chi connectivity index (χ4v) is 2.53. The first kappa shape index (κ1) is 14.2. The first-order valence-corrected chi connectivity index (χ1v) is 7.06. The topological polar surface area (TPSA) is 57.4 Å². The molecule has 22 heavy (non-hydrogen) atoms. The number of anilines is 1. The molecule has 0 saturated carbocycles. The molecule has 1 heterocycles. The summed E-state index contributed by atoms with van der Waals surface area (Å²) in [6.45, 7) is 0. The van der Waals surface area contributed by atoms with Gasteiger partial charge in [0.2, 0.25) is 0 Å². The van der Waals surface area contributed by atoms with Gasteiger partial charge >= 0.3 is 0 Å². The molecular formula is C18H18N2O2. The first-order valence-electron chi connectivity index (χ1n) is 7.06. The summed E-state index contributed by atoms with van der Waals surface area (Å²) >= 11 is 0. The molecule has 0 fully saturated rings. The maximum atomic E-state index is 6.12. The van der Waals surface area contributed by atoms with Crippen molar-refractivity contribution in [2.75, 3.05) is 20.0 Å². The number of hydrogen-bond acceptors (Lipinski definition) is 4. The van der Waals surface area contributed by atoms with Gasteiger partial charge in [-0.05, 0) is 35.4 Å². The summed E-state index contributed by atoms with van der Waals surface area (Å²) in [6, 6.07) is 15.8. The van der Waals surface area contributed by atoms with E-state index in [0.29, 0.717) is 12.2 Å². The molecule has 112 valence electrons. The van der Waals surface area contributed by atoms with Crippen molar-refractivity contribution in [1.82, 2.24) is 4.98 Å². The second kappa shape index (κ2) is 5.93. The summed E-state index contributed by atoms with van der Waals surface area (Å²) in [5.41, 5.74) is 9.04. The van der Waals surface area contributed by atoms with Crippen molar-refractivity contribution in [2.45, 2.75) is 6.42 Å². The molecule has 2 N–H and O–H groups in total. The summed E-state index contributed by atoms with van der Waals surface area (Å²) in [5.74, 6) is 2.17. The second-order valence-corrected chi connectivity index (χ2v) is 5.08. The Kier molecular flexibility index (Phi) is 3.83. The Balaban J connectivity index is 2.02. The maximum absolute atomic E-state index is 6.12. The molecule has 2 aromatic carbocycles. The molecule has 0 bridgehead atoms. The Bertz CT molecular complexity index is 815. The zero-order valence-corrected chi connectivity index (χ0v) is 12.7. The average Bonchev–Trinajstić information content (AvgIpc) is 2.55. The zero-order chi connectivity index (χ0) is 15.5. The highest BCUT2D eigenvalue weighted by Gasteiger charge is 2.09. The third-order valence-corrected chi connectivity index (χ3v) is 3.71. The highest BCUT2D eigenvalue weighted by molar-refractivity contribution is 5.83. The van der Waals surface area contributed by atoms with Crippen molar-refractivity contribution < 1.29 is 9.47 Å². The van der Waals surface area contributed by atoms with Gasteiger partial charge in [-0.15, -0.1) is 0 Å². The third-order valence-electron chi connectivity index (χ3n) is 3.71. The van der Waals surface area contributed by atoms with E-state index < -0.39 is 0 Å². The lowest BCUT2D eigenvalue weighted by Gasteiger charge is -2.11. The van der Waals surface area contributed by atoms with Gasteiger partial charge in [0.15, 0.2) is 0 Å². The molecule has 0 spiro atoms. The molecule has 3 rings (SSSR count). The van der Waals surface area contributed by atoms with Crippen molar-refractivity contribution in [2.24, 2.45) is 0 Å². The number of nitrogens with two attached hydrogens (primary N) is 1. The quantitative estimate of drug-likeness (QED) is 0.801. The molecule has 0 aliphatic rings. The number of pyridine rings is 1. The van der Waals surface area contributed by atoms with Crippen LogP contribution in [0.15, 0.2) is 48.5 Å². The molecule has 0 atom stereocenters. The number of nitrogen functional groups attached to an aromatic ring is 1. The molecule has 0 saturated heterocycles. The Morgan fingerprint density at radius 3 is 2.55 bits per heavy atom. The van der Waals surface area contributed by atoms with Crippen LogP contribution in [0.25, 0.3) is 10.9 Å². The minimum Gasteiger partial charge on any atom is -0.497 e. The van der Waals surface area contributed by atoms with Crippen LogP contribution < -0.4 is 15.2 Å². The van der Waals surface area contributed by atoms with Crippen molar-refractivity contribution in [3.05, 3.63) is 59.7 Å². The Morgan fingerprint density at radius 1 is 0.955 bits per heavy atom. The van der Waals surface area contributed by atoms with Gasteiger partial charge in [-0.25, -0.2) is 4.98 Å². The summed E-state index contributed by atoms with van der Waals surface area (Å²) < 4.78 is 10.6. The number of rotatable bonds is 4. The van der Waals surface area contributed by atoms with Gasteiger partial charge in [0, 0.05) is 17.9 Å². The van der Waals surface area contributed by atoms with Crippen molar-refractivity contribution in [1.29, 1.82) is 0 Å². The fraction of sp³-hybridized carbons (Fsp3) is 0.167. The summed E-state index contributed by atoms with van der Waals surface area (Å²) in [4.78, 5) is 4.49. The SMILES string of the molecule is COc1ccc2cc(Cc3ccccc3OC)c(N)nc2c1. The van der Waals surface area contributed by atoms with E-state index in [4.69, 9.17) is 15.2 Å². The zero-order valence-electron chi connectivity index (χ0n) is 12.7. The Labute approximate surface area is 129 Å². The number of nitrogens with zero attached hydrogens (tertiary/aromatic N) is 1. The Hall–Kier alpha value is -2.75. The number of aromatic nitrogens is 1. The van der Waals surface area contributed by atoms with Crippen LogP contribution in [0, 0.1) is 0 Å². The van der Waals surface area contributed by atoms with Crippen molar-refractivity contribution >= 4 is 16.7 Å². The molecule has 0 aliphatic heterocycles. The highest BCUT2D eigenvalue weighted by Crippen LogP contribution is 2.27. The number of ether oxygens (including phenoxy) is 2. The molecular weight excluding hydrogens is 276 g/mol. The standard InChI is InChI=1S/C18H18N2O2/c1-21-15-8-7-12-9-14(18(19)20-16(12)11-15)10-13-5-3-4-6-17(13)22-2/h3-9,11H,10H2,1-2H3,(H2,19,20). The van der Waals surface area contributed by atoms with Crippen molar-refractivity contribution in [3.8, 4) is 11.5 Å². The normalized spacial score (nSPS) is 10.6. The molecule has 0 radical (unpaired) electrons. The van der Waals surface area contributed by atoms with Gasteiger partial charge < -0.3 is 15.2 Å². The monoisotopic (exact) mass is 294 g/mol. The summed E-state index contributed by atoms with van der Waals surface area (Å²) in [5, 5.41) is 1.04. The lowest BCUT2D eigenvalue weighted by molar-refractivity contribution is 0.410. The summed E-state index contributed by atoms with van der Waals surface area (Å²) in [7, 11) is 3.31. The van der Waals surface area contributed by atoms with Crippen molar-refractivity contribution in [3.63, 3.8) is 0 Å². The van der Waals surface area contributed by atoms with E-state index in [1.165, 1.54) is 0 Å².